The predicted octanol–water partition coefficient (Wildman–Crippen LogP) is 1.68. The van der Waals surface area contributed by atoms with Crippen LogP contribution >= 0.6 is 0 Å². The lowest BCUT2D eigenvalue weighted by Gasteiger charge is -2.18. The van der Waals surface area contributed by atoms with Crippen LogP contribution in [0.15, 0.2) is 30.3 Å². The van der Waals surface area contributed by atoms with Gasteiger partial charge in [-0.2, -0.15) is 0 Å². The van der Waals surface area contributed by atoms with Gasteiger partial charge in [-0.1, -0.05) is 30.3 Å². The van der Waals surface area contributed by atoms with Crippen LogP contribution in [0.5, 0.6) is 0 Å². The highest BCUT2D eigenvalue weighted by Crippen LogP contribution is 2.13. The smallest absolute Gasteiger partial charge is 0.159 e. The Labute approximate surface area is 76.9 Å². The third-order valence-corrected chi connectivity index (χ3v) is 1.86. The first-order valence-corrected chi connectivity index (χ1v) is 4.03. The van der Waals surface area contributed by atoms with E-state index in [-0.39, 0.29) is 0 Å². The SMILES string of the molecule is CC(C=O)(Cc1ccccc1)OO. The van der Waals surface area contributed by atoms with Gasteiger partial charge in [0.05, 0.1) is 0 Å². The molecule has 0 amide bonds. The molecule has 0 fully saturated rings. The topological polar surface area (TPSA) is 46.5 Å². The Kier molecular flexibility index (Phi) is 3.17. The van der Waals surface area contributed by atoms with Crippen LogP contribution in [0.4, 0.5) is 0 Å². The summed E-state index contributed by atoms with van der Waals surface area (Å²) in [5.41, 5.74) is -0.187. The van der Waals surface area contributed by atoms with Gasteiger partial charge in [0.25, 0.3) is 0 Å². The van der Waals surface area contributed by atoms with Gasteiger partial charge in [-0.25, -0.2) is 4.89 Å². The van der Waals surface area contributed by atoms with Crippen LogP contribution < -0.4 is 0 Å². The zero-order valence-corrected chi connectivity index (χ0v) is 7.43. The van der Waals surface area contributed by atoms with E-state index in [9.17, 15) is 4.79 Å². The maximum absolute atomic E-state index is 10.6. The Morgan fingerprint density at radius 3 is 2.54 bits per heavy atom. The van der Waals surface area contributed by atoms with Crippen molar-refractivity contribution in [3.05, 3.63) is 35.9 Å². The molecule has 1 N–H and O–H groups in total. The van der Waals surface area contributed by atoms with E-state index in [2.05, 4.69) is 4.89 Å². The van der Waals surface area contributed by atoms with Gasteiger partial charge in [0, 0.05) is 6.42 Å². The van der Waals surface area contributed by atoms with E-state index in [4.69, 9.17) is 5.26 Å². The molecule has 1 rings (SSSR count). The highest BCUT2D eigenvalue weighted by atomic mass is 17.1. The molecule has 0 aliphatic heterocycles. The number of rotatable bonds is 4. The van der Waals surface area contributed by atoms with Gasteiger partial charge in [-0.05, 0) is 12.5 Å². The summed E-state index contributed by atoms with van der Waals surface area (Å²) in [5.74, 6) is 0. The largest absolute Gasteiger partial charge is 0.300 e. The first kappa shape index (κ1) is 9.89. The molecule has 0 aliphatic rings. The molecule has 1 unspecified atom stereocenters. The van der Waals surface area contributed by atoms with Crippen molar-refractivity contribution in [1.29, 1.82) is 0 Å². The van der Waals surface area contributed by atoms with Crippen LogP contribution in [-0.2, 0) is 16.1 Å². The molecule has 0 aromatic heterocycles. The molecule has 3 heteroatoms. The number of aldehydes is 1. The summed E-state index contributed by atoms with van der Waals surface area (Å²) >= 11 is 0. The second-order valence-corrected chi connectivity index (χ2v) is 3.18. The molecule has 0 aliphatic carbocycles. The quantitative estimate of drug-likeness (QED) is 0.435. The molecule has 0 spiro atoms. The van der Waals surface area contributed by atoms with Crippen LogP contribution in [0, 0.1) is 0 Å². The van der Waals surface area contributed by atoms with Crippen molar-refractivity contribution in [3.8, 4) is 0 Å². The van der Waals surface area contributed by atoms with Crippen molar-refractivity contribution in [1.82, 2.24) is 0 Å². The van der Waals surface area contributed by atoms with Gasteiger partial charge in [-0.3, -0.25) is 10.1 Å². The van der Waals surface area contributed by atoms with Crippen molar-refractivity contribution in [2.75, 3.05) is 0 Å². The van der Waals surface area contributed by atoms with Crippen molar-refractivity contribution in [2.45, 2.75) is 18.9 Å². The summed E-state index contributed by atoms with van der Waals surface area (Å²) in [6, 6.07) is 9.39. The summed E-state index contributed by atoms with van der Waals surface area (Å²) in [5, 5.41) is 8.52. The number of carbonyl (C=O) groups excluding carboxylic acids is 1. The van der Waals surface area contributed by atoms with E-state index in [0.717, 1.165) is 5.56 Å². The maximum Gasteiger partial charge on any atom is 0.159 e. The predicted molar refractivity (Wildman–Crippen MR) is 48.3 cm³/mol. The summed E-state index contributed by atoms with van der Waals surface area (Å²) < 4.78 is 0. The van der Waals surface area contributed by atoms with Gasteiger partial charge in [-0.15, -0.1) is 0 Å². The van der Waals surface area contributed by atoms with E-state index in [1.165, 1.54) is 6.92 Å². The fraction of sp³-hybridized carbons (Fsp3) is 0.300. The lowest BCUT2D eigenvalue weighted by molar-refractivity contribution is -0.302. The third-order valence-electron chi connectivity index (χ3n) is 1.86. The summed E-state index contributed by atoms with van der Waals surface area (Å²) in [6.07, 6.45) is 0.966. The Hall–Kier alpha value is -1.19. The van der Waals surface area contributed by atoms with Crippen LogP contribution in [0.1, 0.15) is 12.5 Å². The van der Waals surface area contributed by atoms with Crippen LogP contribution in [-0.4, -0.2) is 17.1 Å². The number of hydrogen-bond acceptors (Lipinski definition) is 3. The van der Waals surface area contributed by atoms with Gasteiger partial charge in [0.1, 0.15) is 0 Å². The minimum Gasteiger partial charge on any atom is -0.300 e. The Morgan fingerprint density at radius 1 is 1.46 bits per heavy atom. The number of benzene rings is 1. The molecule has 1 aromatic carbocycles. The Morgan fingerprint density at radius 2 is 2.08 bits per heavy atom. The highest BCUT2D eigenvalue weighted by molar-refractivity contribution is 5.62. The summed E-state index contributed by atoms with van der Waals surface area (Å²) in [6.45, 7) is 1.53. The van der Waals surface area contributed by atoms with Gasteiger partial charge < -0.3 is 0 Å². The number of hydrogen-bond donors (Lipinski definition) is 1. The third kappa shape index (κ3) is 2.65. The van der Waals surface area contributed by atoms with E-state index in [1.807, 2.05) is 30.3 Å². The summed E-state index contributed by atoms with van der Waals surface area (Å²) in [4.78, 5) is 14.7. The Balaban J connectivity index is 2.73. The molecule has 1 aromatic rings. The van der Waals surface area contributed by atoms with E-state index in [1.54, 1.807) is 0 Å². The normalized spacial score (nSPS) is 14.9. The van der Waals surface area contributed by atoms with Gasteiger partial charge in [0.15, 0.2) is 11.9 Å². The highest BCUT2D eigenvalue weighted by Gasteiger charge is 2.24. The van der Waals surface area contributed by atoms with Gasteiger partial charge in [0.2, 0.25) is 0 Å². The van der Waals surface area contributed by atoms with Crippen molar-refractivity contribution < 1.29 is 14.9 Å². The van der Waals surface area contributed by atoms with E-state index < -0.39 is 5.60 Å². The molecule has 1 atom stereocenters. The lowest BCUT2D eigenvalue weighted by Crippen LogP contribution is -2.32. The van der Waals surface area contributed by atoms with E-state index in [0.29, 0.717) is 12.7 Å². The Bertz CT molecular complexity index is 271. The summed E-state index contributed by atoms with van der Waals surface area (Å²) in [7, 11) is 0. The monoisotopic (exact) mass is 180 g/mol. The van der Waals surface area contributed by atoms with Crippen LogP contribution in [0.2, 0.25) is 0 Å². The number of carbonyl (C=O) groups is 1. The molecule has 3 nitrogen and oxygen atoms in total. The fourth-order valence-corrected chi connectivity index (χ4v) is 1.10. The van der Waals surface area contributed by atoms with Gasteiger partial charge >= 0.3 is 0 Å². The molecule has 0 radical (unpaired) electrons. The second kappa shape index (κ2) is 4.16. The maximum atomic E-state index is 10.6. The average Bonchev–Trinajstić information content (AvgIpc) is 2.19. The molecule has 70 valence electrons. The molecule has 0 saturated heterocycles. The average molecular weight is 180 g/mol. The minimum atomic E-state index is -1.14. The standard InChI is InChI=1S/C10H12O3/c1-10(8-11,13-12)7-9-5-3-2-4-6-9/h2-6,8,12H,7H2,1H3. The van der Waals surface area contributed by atoms with Crippen LogP contribution in [0.25, 0.3) is 0 Å². The molecule has 0 saturated carbocycles. The van der Waals surface area contributed by atoms with Crippen molar-refractivity contribution in [3.63, 3.8) is 0 Å². The molecule has 0 bridgehead atoms. The molecule has 0 heterocycles. The zero-order valence-electron chi connectivity index (χ0n) is 7.43. The first-order chi connectivity index (χ1) is 6.20. The van der Waals surface area contributed by atoms with Crippen molar-refractivity contribution in [2.24, 2.45) is 0 Å². The van der Waals surface area contributed by atoms with E-state index >= 15 is 0 Å². The zero-order chi connectivity index (χ0) is 9.73. The van der Waals surface area contributed by atoms with Crippen LogP contribution in [0.3, 0.4) is 0 Å². The fourth-order valence-electron chi connectivity index (χ4n) is 1.10. The molecular formula is C10H12O3. The lowest BCUT2D eigenvalue weighted by atomic mass is 9.98. The molecular weight excluding hydrogens is 168 g/mol. The van der Waals surface area contributed by atoms with Crippen molar-refractivity contribution >= 4 is 6.29 Å². The first-order valence-electron chi connectivity index (χ1n) is 4.03. The second-order valence-electron chi connectivity index (χ2n) is 3.18. The molecule has 13 heavy (non-hydrogen) atoms. The minimum absolute atomic E-state index is 0.369.